The second-order valence-corrected chi connectivity index (χ2v) is 2.98. The van der Waals surface area contributed by atoms with E-state index in [2.05, 4.69) is 18.9 Å². The van der Waals surface area contributed by atoms with Crippen LogP contribution in [0.4, 0.5) is 0 Å². The first kappa shape index (κ1) is 7.26. The highest BCUT2D eigenvalue weighted by atomic mass is 32.1. The smallest absolute Gasteiger partial charge is 0.0991 e. The molecule has 0 amide bonds. The molecule has 0 bridgehead atoms. The van der Waals surface area contributed by atoms with Crippen LogP contribution in [0.15, 0.2) is 30.5 Å². The molecule has 1 aromatic heterocycles. The third-order valence-electron chi connectivity index (χ3n) is 1.80. The Kier molecular flexibility index (Phi) is 1.56. The zero-order valence-electron chi connectivity index (χ0n) is 6.23. The van der Waals surface area contributed by atoms with E-state index in [0.29, 0.717) is 5.56 Å². The highest BCUT2D eigenvalue weighted by Gasteiger charge is 1.98. The number of hydrogen-bond donors (Lipinski definition) is 1. The predicted molar refractivity (Wildman–Crippen MR) is 51.0 cm³/mol. The molecule has 0 saturated heterocycles. The van der Waals surface area contributed by atoms with Gasteiger partial charge in [0.2, 0.25) is 0 Å². The minimum atomic E-state index is 0.682. The number of fused-ring (bicyclic) bond motifs is 1. The zero-order valence-corrected chi connectivity index (χ0v) is 7.12. The van der Waals surface area contributed by atoms with E-state index in [9.17, 15) is 0 Å². The van der Waals surface area contributed by atoms with Gasteiger partial charge in [-0.1, -0.05) is 12.8 Å². The van der Waals surface area contributed by atoms with Crippen molar-refractivity contribution < 1.29 is 0 Å². The van der Waals surface area contributed by atoms with Crippen LogP contribution in [0, 0.1) is 11.3 Å². The van der Waals surface area contributed by atoms with Crippen molar-refractivity contribution in [2.75, 3.05) is 0 Å². The van der Waals surface area contributed by atoms with Crippen LogP contribution in [0.2, 0.25) is 0 Å². The summed E-state index contributed by atoms with van der Waals surface area (Å²) in [5, 5.41) is 9.67. The van der Waals surface area contributed by atoms with Crippen molar-refractivity contribution in [3.63, 3.8) is 0 Å². The van der Waals surface area contributed by atoms with Crippen LogP contribution in [-0.2, 0) is 0 Å². The number of rotatable bonds is 0. The minimum absolute atomic E-state index is 0.682. The first-order valence-electron chi connectivity index (χ1n) is 3.52. The average molecular weight is 174 g/mol. The second-order valence-electron chi connectivity index (χ2n) is 2.55. The van der Waals surface area contributed by atoms with Crippen LogP contribution in [0.5, 0.6) is 0 Å². The predicted octanol–water partition coefficient (Wildman–Crippen LogP) is 2.21. The van der Waals surface area contributed by atoms with E-state index in [0.717, 1.165) is 10.9 Å². The van der Waals surface area contributed by atoms with Crippen molar-refractivity contribution in [1.82, 2.24) is 3.97 Å². The van der Waals surface area contributed by atoms with Crippen LogP contribution in [-0.4, -0.2) is 3.97 Å². The molecule has 2 nitrogen and oxygen atoms in total. The number of thiol groups is 1. The summed E-state index contributed by atoms with van der Waals surface area (Å²) in [4.78, 5) is 0. The van der Waals surface area contributed by atoms with E-state index in [1.54, 1.807) is 10.0 Å². The van der Waals surface area contributed by atoms with Gasteiger partial charge in [0.15, 0.2) is 0 Å². The monoisotopic (exact) mass is 174 g/mol. The lowest BCUT2D eigenvalue weighted by Gasteiger charge is -1.93. The van der Waals surface area contributed by atoms with Gasteiger partial charge in [-0.25, -0.2) is 0 Å². The largest absolute Gasteiger partial charge is 0.294 e. The molecule has 0 aliphatic rings. The van der Waals surface area contributed by atoms with Crippen LogP contribution in [0.3, 0.4) is 0 Å². The number of hydrogen-bond acceptors (Lipinski definition) is 2. The SMILES string of the molecule is N#Cc1ccc2c(ccn2S)c1. The molecule has 0 aliphatic heterocycles. The average Bonchev–Trinajstić information content (AvgIpc) is 2.47. The molecule has 2 rings (SSSR count). The number of nitrogens with zero attached hydrogens (tertiary/aromatic N) is 2. The molecule has 3 heteroatoms. The quantitative estimate of drug-likeness (QED) is 0.609. The van der Waals surface area contributed by atoms with Crippen LogP contribution >= 0.6 is 12.8 Å². The van der Waals surface area contributed by atoms with Gasteiger partial charge in [0.1, 0.15) is 0 Å². The number of benzene rings is 1. The lowest BCUT2D eigenvalue weighted by Crippen LogP contribution is -1.77. The third kappa shape index (κ3) is 0.973. The van der Waals surface area contributed by atoms with Gasteiger partial charge >= 0.3 is 0 Å². The van der Waals surface area contributed by atoms with E-state index in [-0.39, 0.29) is 0 Å². The molecular formula is C9H6N2S. The summed E-state index contributed by atoms with van der Waals surface area (Å²) < 4.78 is 1.73. The Bertz CT molecular complexity index is 465. The summed E-state index contributed by atoms with van der Waals surface area (Å²) in [6, 6.07) is 9.55. The molecule has 58 valence electrons. The molecule has 12 heavy (non-hydrogen) atoms. The lowest BCUT2D eigenvalue weighted by molar-refractivity contribution is 1.37. The minimum Gasteiger partial charge on any atom is -0.294 e. The van der Waals surface area contributed by atoms with Crippen molar-refractivity contribution in [3.8, 4) is 6.07 Å². The topological polar surface area (TPSA) is 28.7 Å². The maximum atomic E-state index is 8.63. The number of aromatic nitrogens is 1. The molecular weight excluding hydrogens is 168 g/mol. The molecule has 1 aromatic carbocycles. The van der Waals surface area contributed by atoms with Crippen molar-refractivity contribution in [1.29, 1.82) is 5.26 Å². The van der Waals surface area contributed by atoms with Crippen LogP contribution in [0.25, 0.3) is 10.9 Å². The molecule has 0 spiro atoms. The number of nitriles is 1. The van der Waals surface area contributed by atoms with Crippen molar-refractivity contribution in [2.24, 2.45) is 0 Å². The highest BCUT2D eigenvalue weighted by Crippen LogP contribution is 2.17. The van der Waals surface area contributed by atoms with E-state index in [4.69, 9.17) is 5.26 Å². The Morgan fingerprint density at radius 1 is 1.33 bits per heavy atom. The normalized spacial score (nSPS) is 10.0. The van der Waals surface area contributed by atoms with Crippen molar-refractivity contribution >= 4 is 23.7 Å². The van der Waals surface area contributed by atoms with Gasteiger partial charge in [-0.2, -0.15) is 5.26 Å². The molecule has 0 aliphatic carbocycles. The van der Waals surface area contributed by atoms with Gasteiger partial charge in [0, 0.05) is 11.6 Å². The molecule has 0 fully saturated rings. The van der Waals surface area contributed by atoms with Crippen molar-refractivity contribution in [3.05, 3.63) is 36.0 Å². The maximum absolute atomic E-state index is 8.63. The van der Waals surface area contributed by atoms with E-state index < -0.39 is 0 Å². The summed E-state index contributed by atoms with van der Waals surface area (Å²) in [5.41, 5.74) is 1.71. The summed E-state index contributed by atoms with van der Waals surface area (Å²) >= 11 is 4.20. The fourth-order valence-electron chi connectivity index (χ4n) is 1.20. The fourth-order valence-corrected chi connectivity index (χ4v) is 1.45. The Hall–Kier alpha value is -1.40. The summed E-state index contributed by atoms with van der Waals surface area (Å²) in [7, 11) is 0. The van der Waals surface area contributed by atoms with Gasteiger partial charge in [-0.05, 0) is 24.3 Å². The van der Waals surface area contributed by atoms with Crippen molar-refractivity contribution in [2.45, 2.75) is 0 Å². The molecule has 2 aromatic rings. The van der Waals surface area contributed by atoms with Gasteiger partial charge < -0.3 is 0 Å². The Morgan fingerprint density at radius 3 is 2.92 bits per heavy atom. The highest BCUT2D eigenvalue weighted by molar-refractivity contribution is 7.78. The van der Waals surface area contributed by atoms with E-state index in [1.807, 2.05) is 24.4 Å². The van der Waals surface area contributed by atoms with Gasteiger partial charge in [0.05, 0.1) is 17.1 Å². The fraction of sp³-hybridized carbons (Fsp3) is 0. The first-order valence-corrected chi connectivity index (χ1v) is 3.92. The Morgan fingerprint density at radius 2 is 2.17 bits per heavy atom. The standard InChI is InChI=1S/C9H6N2S/c10-6-7-1-2-9-8(5-7)3-4-11(9)12/h1-5,12H. The summed E-state index contributed by atoms with van der Waals surface area (Å²) in [6.07, 6.45) is 1.86. The van der Waals surface area contributed by atoms with E-state index >= 15 is 0 Å². The second kappa shape index (κ2) is 2.58. The molecule has 0 unspecified atom stereocenters. The van der Waals surface area contributed by atoms with E-state index in [1.165, 1.54) is 0 Å². The lowest BCUT2D eigenvalue weighted by atomic mass is 10.2. The Labute approximate surface area is 75.6 Å². The van der Waals surface area contributed by atoms with Crippen LogP contribution in [0.1, 0.15) is 5.56 Å². The molecule has 0 N–H and O–H groups in total. The molecule has 0 saturated carbocycles. The maximum Gasteiger partial charge on any atom is 0.0991 e. The first-order chi connectivity index (χ1) is 5.81. The third-order valence-corrected chi connectivity index (χ3v) is 2.15. The summed E-state index contributed by atoms with van der Waals surface area (Å²) in [5.74, 6) is 0. The van der Waals surface area contributed by atoms with Gasteiger partial charge in [0.25, 0.3) is 0 Å². The summed E-state index contributed by atoms with van der Waals surface area (Å²) in [6.45, 7) is 0. The molecule has 0 atom stereocenters. The van der Waals surface area contributed by atoms with Gasteiger partial charge in [-0.15, -0.1) is 0 Å². The Balaban J connectivity index is 2.80. The molecule has 1 heterocycles. The zero-order chi connectivity index (χ0) is 8.55. The molecule has 0 radical (unpaired) electrons. The van der Waals surface area contributed by atoms with Crippen LogP contribution < -0.4 is 0 Å². The van der Waals surface area contributed by atoms with Gasteiger partial charge in [-0.3, -0.25) is 3.97 Å².